The lowest BCUT2D eigenvalue weighted by Gasteiger charge is -2.21. The Morgan fingerprint density at radius 1 is 1.00 bits per heavy atom. The minimum Gasteiger partial charge on any atom is -0.462 e. The zero-order valence-electron chi connectivity index (χ0n) is 20.2. The number of aryl methyl sites for hydroxylation is 1. The van der Waals surface area contributed by atoms with Gasteiger partial charge in [-0.3, -0.25) is 9.59 Å². The van der Waals surface area contributed by atoms with Crippen molar-refractivity contribution >= 4 is 39.2 Å². The summed E-state index contributed by atoms with van der Waals surface area (Å²) in [6, 6.07) is 18.6. The Bertz CT molecular complexity index is 1420. The van der Waals surface area contributed by atoms with E-state index in [1.165, 1.54) is 18.2 Å². The summed E-state index contributed by atoms with van der Waals surface area (Å²) in [5.41, 5.74) is 2.65. The number of benzene rings is 3. The summed E-state index contributed by atoms with van der Waals surface area (Å²) in [4.78, 5) is 37.0. The zero-order chi connectivity index (χ0) is 26.4. The lowest BCUT2D eigenvalue weighted by molar-refractivity contribution is -0.118. The van der Waals surface area contributed by atoms with E-state index in [0.29, 0.717) is 23.4 Å². The molecular weight excluding hydrogens is 494 g/mol. The highest BCUT2D eigenvalue weighted by Crippen LogP contribution is 2.26. The van der Waals surface area contributed by atoms with Gasteiger partial charge in [0.1, 0.15) is 6.04 Å². The molecule has 1 aliphatic heterocycles. The standard InChI is InChI=1S/C27H27N3O6S/c1-2-36-27(33)20-9-6-10-21(16-20)28-26(32)24(15-18-7-4-3-5-8-18)30-37(34,35)22-12-13-23-19(17-22)11-14-25(31)29-23/h3-10,12-13,16-17,24,30H,2,11,14-15H2,1H3,(H,28,32)(H,29,31). The first-order chi connectivity index (χ1) is 17.7. The molecule has 1 aliphatic rings. The topological polar surface area (TPSA) is 131 Å². The number of nitrogens with one attached hydrogen (secondary N) is 3. The molecule has 1 heterocycles. The number of carbonyl (C=O) groups excluding carboxylic acids is 3. The lowest BCUT2D eigenvalue weighted by Crippen LogP contribution is -2.45. The third-order valence-electron chi connectivity index (χ3n) is 5.82. The van der Waals surface area contributed by atoms with Crippen LogP contribution in [0.4, 0.5) is 11.4 Å². The molecule has 192 valence electrons. The molecule has 0 aromatic heterocycles. The highest BCUT2D eigenvalue weighted by molar-refractivity contribution is 7.89. The molecule has 9 nitrogen and oxygen atoms in total. The first kappa shape index (κ1) is 26.1. The van der Waals surface area contributed by atoms with Crippen molar-refractivity contribution in [3.63, 3.8) is 0 Å². The molecule has 0 spiro atoms. The fourth-order valence-corrected chi connectivity index (χ4v) is 5.23. The van der Waals surface area contributed by atoms with Crippen LogP contribution in [0.1, 0.15) is 34.8 Å². The van der Waals surface area contributed by atoms with Crippen LogP contribution in [-0.4, -0.2) is 38.9 Å². The summed E-state index contributed by atoms with van der Waals surface area (Å²) < 4.78 is 34.2. The van der Waals surface area contributed by atoms with Gasteiger partial charge in [-0.05, 0) is 67.3 Å². The predicted molar refractivity (Wildman–Crippen MR) is 139 cm³/mol. The summed E-state index contributed by atoms with van der Waals surface area (Å²) >= 11 is 0. The molecular formula is C27H27N3O6S. The lowest BCUT2D eigenvalue weighted by atomic mass is 10.0. The summed E-state index contributed by atoms with van der Waals surface area (Å²) in [5, 5.41) is 5.43. The van der Waals surface area contributed by atoms with E-state index < -0.39 is 27.9 Å². The van der Waals surface area contributed by atoms with E-state index in [9.17, 15) is 22.8 Å². The van der Waals surface area contributed by atoms with E-state index >= 15 is 0 Å². The van der Waals surface area contributed by atoms with Crippen molar-refractivity contribution in [3.05, 3.63) is 89.5 Å². The highest BCUT2D eigenvalue weighted by atomic mass is 32.2. The highest BCUT2D eigenvalue weighted by Gasteiger charge is 2.28. The van der Waals surface area contributed by atoms with Crippen molar-refractivity contribution in [3.8, 4) is 0 Å². The molecule has 0 saturated heterocycles. The quantitative estimate of drug-likeness (QED) is 0.371. The maximum absolute atomic E-state index is 13.3. The van der Waals surface area contributed by atoms with Gasteiger partial charge in [0.25, 0.3) is 0 Å². The van der Waals surface area contributed by atoms with Crippen LogP contribution >= 0.6 is 0 Å². The Labute approximate surface area is 215 Å². The third-order valence-corrected chi connectivity index (χ3v) is 7.29. The molecule has 0 aliphatic carbocycles. The van der Waals surface area contributed by atoms with Crippen LogP contribution < -0.4 is 15.4 Å². The Morgan fingerprint density at radius 2 is 1.78 bits per heavy atom. The molecule has 4 rings (SSSR count). The van der Waals surface area contributed by atoms with Crippen LogP contribution in [-0.2, 0) is 37.2 Å². The summed E-state index contributed by atoms with van der Waals surface area (Å²) in [6.45, 7) is 1.91. The van der Waals surface area contributed by atoms with Crippen molar-refractivity contribution in [2.75, 3.05) is 17.2 Å². The number of rotatable bonds is 9. The third kappa shape index (κ3) is 6.60. The molecule has 3 aromatic carbocycles. The molecule has 0 radical (unpaired) electrons. The van der Waals surface area contributed by atoms with Crippen LogP contribution in [0.3, 0.4) is 0 Å². The summed E-state index contributed by atoms with van der Waals surface area (Å²) in [6.07, 6.45) is 0.799. The molecule has 1 unspecified atom stereocenters. The second-order valence-electron chi connectivity index (χ2n) is 8.52. The van der Waals surface area contributed by atoms with Crippen LogP contribution in [0.2, 0.25) is 0 Å². The van der Waals surface area contributed by atoms with Crippen LogP contribution in [0.5, 0.6) is 0 Å². The summed E-state index contributed by atoms with van der Waals surface area (Å²) in [7, 11) is -4.09. The van der Waals surface area contributed by atoms with Crippen LogP contribution in [0, 0.1) is 0 Å². The normalized spacial score (nSPS) is 13.7. The largest absolute Gasteiger partial charge is 0.462 e. The van der Waals surface area contributed by atoms with Gasteiger partial charge in [-0.2, -0.15) is 4.72 Å². The molecule has 1 atom stereocenters. The van der Waals surface area contributed by atoms with E-state index in [4.69, 9.17) is 4.74 Å². The molecule has 0 saturated carbocycles. The number of amides is 2. The van der Waals surface area contributed by atoms with Gasteiger partial charge >= 0.3 is 5.97 Å². The number of esters is 1. The van der Waals surface area contributed by atoms with Crippen LogP contribution in [0.25, 0.3) is 0 Å². The minimum atomic E-state index is -4.09. The first-order valence-corrected chi connectivity index (χ1v) is 13.3. The van der Waals surface area contributed by atoms with E-state index in [1.54, 1.807) is 55.5 Å². The van der Waals surface area contributed by atoms with Gasteiger partial charge < -0.3 is 15.4 Å². The van der Waals surface area contributed by atoms with Gasteiger partial charge in [-0.1, -0.05) is 36.4 Å². The number of fused-ring (bicyclic) bond motifs is 1. The maximum atomic E-state index is 13.3. The van der Waals surface area contributed by atoms with Gasteiger partial charge in [0.15, 0.2) is 0 Å². The molecule has 2 amide bonds. The average Bonchev–Trinajstić information content (AvgIpc) is 2.88. The Kier molecular flexibility index (Phi) is 8.00. The van der Waals surface area contributed by atoms with E-state index in [1.807, 2.05) is 6.07 Å². The van der Waals surface area contributed by atoms with Crippen molar-refractivity contribution in [2.24, 2.45) is 0 Å². The number of hydrogen-bond acceptors (Lipinski definition) is 6. The SMILES string of the molecule is CCOC(=O)c1cccc(NC(=O)C(Cc2ccccc2)NS(=O)(=O)c2ccc3c(c2)CCC(=O)N3)c1. The van der Waals surface area contributed by atoms with Gasteiger partial charge in [0, 0.05) is 17.8 Å². The maximum Gasteiger partial charge on any atom is 0.338 e. The molecule has 0 bridgehead atoms. The Hall–Kier alpha value is -4.02. The first-order valence-electron chi connectivity index (χ1n) is 11.8. The number of carbonyl (C=O) groups is 3. The number of ether oxygens (including phenoxy) is 1. The molecule has 10 heteroatoms. The smallest absolute Gasteiger partial charge is 0.338 e. The van der Waals surface area contributed by atoms with Crippen molar-refractivity contribution < 1.29 is 27.5 Å². The Balaban J connectivity index is 1.58. The Morgan fingerprint density at radius 3 is 2.54 bits per heavy atom. The minimum absolute atomic E-state index is 0.00225. The second kappa shape index (κ2) is 11.4. The predicted octanol–water partition coefficient (Wildman–Crippen LogP) is 3.28. The molecule has 0 fully saturated rings. The van der Waals surface area contributed by atoms with Crippen molar-refractivity contribution in [1.82, 2.24) is 4.72 Å². The molecule has 37 heavy (non-hydrogen) atoms. The molecule has 3 N–H and O–H groups in total. The fraction of sp³-hybridized carbons (Fsp3) is 0.222. The summed E-state index contributed by atoms with van der Waals surface area (Å²) in [5.74, 6) is -1.23. The average molecular weight is 522 g/mol. The van der Waals surface area contributed by atoms with Crippen molar-refractivity contribution in [1.29, 1.82) is 0 Å². The number of sulfonamides is 1. The van der Waals surface area contributed by atoms with Gasteiger partial charge in [0.2, 0.25) is 21.8 Å². The molecule has 3 aromatic rings. The van der Waals surface area contributed by atoms with Gasteiger partial charge in [-0.25, -0.2) is 13.2 Å². The van der Waals surface area contributed by atoms with E-state index in [2.05, 4.69) is 15.4 Å². The van der Waals surface area contributed by atoms with E-state index in [0.717, 1.165) is 5.56 Å². The van der Waals surface area contributed by atoms with Gasteiger partial charge in [0.05, 0.1) is 17.1 Å². The van der Waals surface area contributed by atoms with Gasteiger partial charge in [-0.15, -0.1) is 0 Å². The second-order valence-corrected chi connectivity index (χ2v) is 10.2. The van der Waals surface area contributed by atoms with Crippen molar-refractivity contribution in [2.45, 2.75) is 37.1 Å². The number of hydrogen-bond donors (Lipinski definition) is 3. The zero-order valence-corrected chi connectivity index (χ0v) is 21.0. The number of anilines is 2. The van der Waals surface area contributed by atoms with E-state index in [-0.39, 0.29) is 35.8 Å². The fourth-order valence-electron chi connectivity index (χ4n) is 3.99. The monoisotopic (exact) mass is 521 g/mol. The van der Waals surface area contributed by atoms with Crippen LogP contribution in [0.15, 0.2) is 77.7 Å².